The molecule has 1 aromatic heterocycles. The van der Waals surface area contributed by atoms with Crippen molar-refractivity contribution in [3.63, 3.8) is 0 Å². The number of esters is 1. The van der Waals surface area contributed by atoms with Gasteiger partial charge < -0.3 is 9.72 Å². The van der Waals surface area contributed by atoms with Gasteiger partial charge in [-0.15, -0.1) is 0 Å². The zero-order chi connectivity index (χ0) is 16.9. The van der Waals surface area contributed by atoms with Crippen molar-refractivity contribution in [2.75, 3.05) is 20.2 Å². The molecule has 0 saturated heterocycles. The minimum Gasteiger partial charge on any atom is -0.469 e. The van der Waals surface area contributed by atoms with E-state index in [0.29, 0.717) is 19.4 Å². The number of nitrogens with one attached hydrogen (secondary N) is 1. The molecule has 24 heavy (non-hydrogen) atoms. The number of H-pyrrole nitrogens is 1. The summed E-state index contributed by atoms with van der Waals surface area (Å²) in [5.41, 5.74) is 3.42. The number of nitriles is 1. The molecule has 3 rings (SSSR count). The molecule has 1 unspecified atom stereocenters. The maximum Gasteiger partial charge on any atom is 0.309 e. The lowest BCUT2D eigenvalue weighted by Crippen LogP contribution is -2.40. The largest absolute Gasteiger partial charge is 0.469 e. The van der Waals surface area contributed by atoms with Crippen LogP contribution in [0.1, 0.15) is 18.4 Å². The van der Waals surface area contributed by atoms with Crippen LogP contribution >= 0.6 is 0 Å². The predicted molar refractivity (Wildman–Crippen MR) is 92.3 cm³/mol. The van der Waals surface area contributed by atoms with E-state index in [4.69, 9.17) is 4.74 Å². The fraction of sp³-hybridized carbons (Fsp3) is 0.368. The van der Waals surface area contributed by atoms with Gasteiger partial charge in [-0.25, -0.2) is 0 Å². The Morgan fingerprint density at radius 3 is 3.08 bits per heavy atom. The van der Waals surface area contributed by atoms with Crippen molar-refractivity contribution in [2.45, 2.75) is 25.3 Å². The van der Waals surface area contributed by atoms with Gasteiger partial charge in [-0.2, -0.15) is 5.26 Å². The van der Waals surface area contributed by atoms with Gasteiger partial charge in [-0.05, 0) is 30.0 Å². The van der Waals surface area contributed by atoms with E-state index >= 15 is 0 Å². The van der Waals surface area contributed by atoms with Crippen LogP contribution in [0.15, 0.2) is 42.1 Å². The SMILES string of the molecule is COC(=O)CC1=CCC(C#N)N(CCc2c[nH]c3ccccc23)C1. The highest BCUT2D eigenvalue weighted by molar-refractivity contribution is 5.83. The Bertz CT molecular complexity index is 800. The Balaban J connectivity index is 1.67. The minimum absolute atomic E-state index is 0.128. The number of aromatic nitrogens is 1. The minimum atomic E-state index is -0.228. The monoisotopic (exact) mass is 323 g/mol. The van der Waals surface area contributed by atoms with E-state index in [0.717, 1.165) is 24.1 Å². The molecule has 1 aliphatic rings. The number of hydrogen-bond donors (Lipinski definition) is 1. The van der Waals surface area contributed by atoms with Gasteiger partial charge in [0.1, 0.15) is 6.04 Å². The number of carbonyl (C=O) groups is 1. The number of rotatable bonds is 5. The zero-order valence-corrected chi connectivity index (χ0v) is 13.8. The van der Waals surface area contributed by atoms with Gasteiger partial charge in [0.2, 0.25) is 0 Å². The summed E-state index contributed by atoms with van der Waals surface area (Å²) in [4.78, 5) is 16.9. The molecule has 1 aliphatic heterocycles. The van der Waals surface area contributed by atoms with Crippen LogP contribution < -0.4 is 0 Å². The number of ether oxygens (including phenoxy) is 1. The first-order valence-electron chi connectivity index (χ1n) is 8.14. The lowest BCUT2D eigenvalue weighted by molar-refractivity contribution is -0.139. The van der Waals surface area contributed by atoms with Crippen molar-refractivity contribution in [1.82, 2.24) is 9.88 Å². The van der Waals surface area contributed by atoms with Crippen molar-refractivity contribution < 1.29 is 9.53 Å². The summed E-state index contributed by atoms with van der Waals surface area (Å²) in [5, 5.41) is 10.6. The number of methoxy groups -OCH3 is 1. The molecule has 0 aliphatic carbocycles. The molecular formula is C19H21N3O2. The number of nitrogens with zero attached hydrogens (tertiary/aromatic N) is 2. The summed E-state index contributed by atoms with van der Waals surface area (Å²) >= 11 is 0. The van der Waals surface area contributed by atoms with Gasteiger partial charge in [0.05, 0.1) is 19.6 Å². The van der Waals surface area contributed by atoms with Crippen LogP contribution in [0, 0.1) is 11.3 Å². The molecule has 5 nitrogen and oxygen atoms in total. The maximum atomic E-state index is 11.5. The van der Waals surface area contributed by atoms with Crippen molar-refractivity contribution >= 4 is 16.9 Å². The number of aromatic amines is 1. The second-order valence-corrected chi connectivity index (χ2v) is 6.08. The van der Waals surface area contributed by atoms with Crippen LogP contribution in [0.25, 0.3) is 10.9 Å². The second-order valence-electron chi connectivity index (χ2n) is 6.08. The van der Waals surface area contributed by atoms with E-state index in [2.05, 4.69) is 28.1 Å². The Morgan fingerprint density at radius 1 is 1.46 bits per heavy atom. The first kappa shape index (κ1) is 16.3. The quantitative estimate of drug-likeness (QED) is 0.678. The van der Waals surface area contributed by atoms with Crippen LogP contribution in [-0.2, 0) is 16.0 Å². The number of benzene rings is 1. The zero-order valence-electron chi connectivity index (χ0n) is 13.8. The average Bonchev–Trinajstić information content (AvgIpc) is 3.03. The lowest BCUT2D eigenvalue weighted by atomic mass is 10.00. The number of para-hydroxylation sites is 1. The van der Waals surface area contributed by atoms with Gasteiger partial charge in [0, 0.05) is 30.2 Å². The molecule has 0 amide bonds. The molecule has 0 radical (unpaired) electrons. The summed E-state index contributed by atoms with van der Waals surface area (Å²) in [7, 11) is 1.40. The average molecular weight is 323 g/mol. The lowest BCUT2D eigenvalue weighted by Gasteiger charge is -2.31. The number of hydrogen-bond acceptors (Lipinski definition) is 4. The fourth-order valence-corrected chi connectivity index (χ4v) is 3.22. The van der Waals surface area contributed by atoms with Gasteiger partial charge in [0.25, 0.3) is 0 Å². The first-order valence-corrected chi connectivity index (χ1v) is 8.14. The fourth-order valence-electron chi connectivity index (χ4n) is 3.22. The van der Waals surface area contributed by atoms with Crippen LogP contribution in [0.3, 0.4) is 0 Å². The van der Waals surface area contributed by atoms with Crippen LogP contribution in [0.2, 0.25) is 0 Å². The van der Waals surface area contributed by atoms with Crippen LogP contribution in [0.5, 0.6) is 0 Å². The van der Waals surface area contributed by atoms with Gasteiger partial charge in [-0.3, -0.25) is 9.69 Å². The summed E-state index contributed by atoms with van der Waals surface area (Å²) in [6, 6.07) is 10.5. The van der Waals surface area contributed by atoms with Gasteiger partial charge in [0.15, 0.2) is 0 Å². The van der Waals surface area contributed by atoms with Crippen molar-refractivity contribution in [3.8, 4) is 6.07 Å². The molecule has 124 valence electrons. The van der Waals surface area contributed by atoms with Crippen molar-refractivity contribution in [1.29, 1.82) is 5.26 Å². The molecule has 5 heteroatoms. The standard InChI is InChI=1S/C19H21N3O2/c1-24-19(23)10-14-6-7-16(11-20)22(13-14)9-8-15-12-21-18-5-3-2-4-17(15)18/h2-6,12,16,21H,7-10,13H2,1H3. The van der Waals surface area contributed by atoms with E-state index < -0.39 is 0 Å². The predicted octanol–water partition coefficient (Wildman–Crippen LogP) is 2.80. The molecule has 0 saturated carbocycles. The Kier molecular flexibility index (Phi) is 4.97. The van der Waals surface area contributed by atoms with Crippen molar-refractivity contribution in [3.05, 3.63) is 47.7 Å². The topological polar surface area (TPSA) is 69.1 Å². The third-order valence-electron chi connectivity index (χ3n) is 4.57. The van der Waals surface area contributed by atoms with Crippen molar-refractivity contribution in [2.24, 2.45) is 0 Å². The molecule has 1 aromatic carbocycles. The molecule has 2 aromatic rings. The summed E-state index contributed by atoms with van der Waals surface area (Å²) in [5.74, 6) is -0.228. The summed E-state index contributed by atoms with van der Waals surface area (Å²) in [6.07, 6.45) is 5.89. The third kappa shape index (κ3) is 3.50. The molecule has 0 fully saturated rings. The van der Waals surface area contributed by atoms with Gasteiger partial charge in [-0.1, -0.05) is 24.3 Å². The first-order chi connectivity index (χ1) is 11.7. The third-order valence-corrected chi connectivity index (χ3v) is 4.57. The highest BCUT2D eigenvalue weighted by Gasteiger charge is 2.24. The molecular weight excluding hydrogens is 302 g/mol. The Hall–Kier alpha value is -2.58. The van der Waals surface area contributed by atoms with Gasteiger partial charge >= 0.3 is 5.97 Å². The molecule has 1 N–H and O–H groups in total. The Morgan fingerprint density at radius 2 is 2.29 bits per heavy atom. The van der Waals surface area contributed by atoms with Crippen LogP contribution in [-0.4, -0.2) is 42.1 Å². The van der Waals surface area contributed by atoms with E-state index in [1.807, 2.05) is 24.4 Å². The summed E-state index contributed by atoms with van der Waals surface area (Å²) < 4.78 is 4.74. The molecule has 1 atom stereocenters. The van der Waals surface area contributed by atoms with E-state index in [9.17, 15) is 10.1 Å². The summed E-state index contributed by atoms with van der Waals surface area (Å²) in [6.45, 7) is 1.44. The molecule has 0 bridgehead atoms. The number of carbonyl (C=O) groups excluding carboxylic acids is 1. The van der Waals surface area contributed by atoms with E-state index in [1.165, 1.54) is 18.1 Å². The highest BCUT2D eigenvalue weighted by Crippen LogP contribution is 2.22. The van der Waals surface area contributed by atoms with Crippen LogP contribution in [0.4, 0.5) is 0 Å². The highest BCUT2D eigenvalue weighted by atomic mass is 16.5. The smallest absolute Gasteiger partial charge is 0.309 e. The van der Waals surface area contributed by atoms with E-state index in [1.54, 1.807) is 0 Å². The maximum absolute atomic E-state index is 11.5. The normalized spacial score (nSPS) is 18.2. The second kappa shape index (κ2) is 7.33. The van der Waals surface area contributed by atoms with E-state index in [-0.39, 0.29) is 12.0 Å². The number of fused-ring (bicyclic) bond motifs is 1. The molecule has 0 spiro atoms. The Labute approximate surface area is 141 Å². The molecule has 2 heterocycles.